The zero-order chi connectivity index (χ0) is 14.8. The maximum Gasteiger partial charge on any atom is 0.244 e. The van der Waals surface area contributed by atoms with Gasteiger partial charge in [0.2, 0.25) is 5.91 Å². The zero-order valence-electron chi connectivity index (χ0n) is 12.3. The number of amides is 1. The highest BCUT2D eigenvalue weighted by Crippen LogP contribution is 2.32. The molecule has 2 rings (SSSR count). The lowest BCUT2D eigenvalue weighted by Gasteiger charge is -2.35. The van der Waals surface area contributed by atoms with Gasteiger partial charge in [-0.05, 0) is 42.9 Å². The van der Waals surface area contributed by atoms with Crippen molar-refractivity contribution in [2.45, 2.75) is 51.5 Å². The van der Waals surface area contributed by atoms with E-state index >= 15 is 0 Å². The molecule has 20 heavy (non-hydrogen) atoms. The summed E-state index contributed by atoms with van der Waals surface area (Å²) in [6, 6.07) is 5.27. The molecule has 1 fully saturated rings. The molecular weight excluding hydrogens is 252 g/mol. The second kappa shape index (κ2) is 5.83. The van der Waals surface area contributed by atoms with E-state index in [1.807, 2.05) is 19.1 Å². The van der Waals surface area contributed by atoms with Crippen LogP contribution in [0.15, 0.2) is 18.2 Å². The van der Waals surface area contributed by atoms with Gasteiger partial charge in [0.1, 0.15) is 5.75 Å². The van der Waals surface area contributed by atoms with Crippen molar-refractivity contribution in [3.8, 4) is 5.75 Å². The number of phenols is 1. The fourth-order valence-corrected chi connectivity index (χ4v) is 2.95. The number of aryl methyl sites for hydroxylation is 1. The molecule has 0 bridgehead atoms. The second-order valence-corrected chi connectivity index (χ2v) is 6.02. The Bertz CT molecular complexity index is 501. The Morgan fingerprint density at radius 1 is 1.55 bits per heavy atom. The fourth-order valence-electron chi connectivity index (χ4n) is 2.95. The minimum atomic E-state index is -0.813. The van der Waals surface area contributed by atoms with Crippen LogP contribution in [-0.4, -0.2) is 16.6 Å². The topological polar surface area (TPSA) is 75.3 Å². The van der Waals surface area contributed by atoms with Gasteiger partial charge in [0.15, 0.2) is 0 Å². The minimum Gasteiger partial charge on any atom is -0.506 e. The second-order valence-electron chi connectivity index (χ2n) is 6.02. The Morgan fingerprint density at radius 3 is 2.95 bits per heavy atom. The lowest BCUT2D eigenvalue weighted by molar-refractivity contribution is -0.122. The van der Waals surface area contributed by atoms with Gasteiger partial charge in [0.25, 0.3) is 0 Å². The normalized spacial score (nSPS) is 26.2. The van der Waals surface area contributed by atoms with Gasteiger partial charge in [0.05, 0.1) is 11.2 Å². The van der Waals surface area contributed by atoms with Crippen LogP contribution in [0.5, 0.6) is 5.75 Å². The lowest BCUT2D eigenvalue weighted by atomic mass is 9.76. The van der Waals surface area contributed by atoms with Crippen LogP contribution >= 0.6 is 0 Å². The first-order valence-corrected chi connectivity index (χ1v) is 7.37. The summed E-state index contributed by atoms with van der Waals surface area (Å²) in [7, 11) is 0. The number of anilines is 1. The van der Waals surface area contributed by atoms with Crippen LogP contribution in [0.25, 0.3) is 0 Å². The molecule has 0 heterocycles. The van der Waals surface area contributed by atoms with Crippen molar-refractivity contribution in [2.24, 2.45) is 11.7 Å². The van der Waals surface area contributed by atoms with Crippen molar-refractivity contribution in [3.05, 3.63) is 23.8 Å². The van der Waals surface area contributed by atoms with Gasteiger partial charge in [-0.25, -0.2) is 0 Å². The molecule has 0 aliphatic heterocycles. The quantitative estimate of drug-likeness (QED) is 0.743. The number of hydrogen-bond donors (Lipinski definition) is 3. The molecule has 4 N–H and O–H groups in total. The van der Waals surface area contributed by atoms with Crippen molar-refractivity contribution >= 4 is 11.6 Å². The predicted molar refractivity (Wildman–Crippen MR) is 80.7 cm³/mol. The third-order valence-corrected chi connectivity index (χ3v) is 4.20. The van der Waals surface area contributed by atoms with Crippen molar-refractivity contribution in [2.75, 3.05) is 5.32 Å². The first-order chi connectivity index (χ1) is 9.44. The van der Waals surface area contributed by atoms with Gasteiger partial charge in [0, 0.05) is 0 Å². The summed E-state index contributed by atoms with van der Waals surface area (Å²) in [5, 5.41) is 12.7. The monoisotopic (exact) mass is 276 g/mol. The average molecular weight is 276 g/mol. The first kappa shape index (κ1) is 14.9. The molecule has 2 atom stereocenters. The van der Waals surface area contributed by atoms with E-state index in [-0.39, 0.29) is 11.7 Å². The number of carbonyl (C=O) groups excluding carboxylic acids is 1. The Hall–Kier alpha value is -1.55. The molecule has 1 aliphatic rings. The van der Waals surface area contributed by atoms with Gasteiger partial charge in [-0.1, -0.05) is 32.8 Å². The van der Waals surface area contributed by atoms with Crippen LogP contribution in [0.3, 0.4) is 0 Å². The van der Waals surface area contributed by atoms with Crippen LogP contribution < -0.4 is 11.1 Å². The van der Waals surface area contributed by atoms with Crippen LogP contribution in [0.1, 0.15) is 45.1 Å². The van der Waals surface area contributed by atoms with Crippen LogP contribution in [0.2, 0.25) is 0 Å². The lowest BCUT2D eigenvalue weighted by Crippen LogP contribution is -2.53. The molecule has 2 unspecified atom stereocenters. The maximum atomic E-state index is 12.4. The van der Waals surface area contributed by atoms with Crippen molar-refractivity contribution < 1.29 is 9.90 Å². The number of phenolic OH excluding ortho intramolecular Hbond substituents is 1. The molecule has 110 valence electrons. The molecular formula is C16H24N2O2. The molecule has 0 spiro atoms. The van der Waals surface area contributed by atoms with E-state index in [0.717, 1.165) is 24.8 Å². The van der Waals surface area contributed by atoms with Crippen LogP contribution in [0.4, 0.5) is 5.69 Å². The Balaban J connectivity index is 2.15. The van der Waals surface area contributed by atoms with Crippen LogP contribution in [0, 0.1) is 5.92 Å². The number of carbonyl (C=O) groups is 1. The maximum absolute atomic E-state index is 12.4. The molecule has 0 aromatic heterocycles. The molecule has 1 aliphatic carbocycles. The smallest absolute Gasteiger partial charge is 0.244 e. The summed E-state index contributed by atoms with van der Waals surface area (Å²) in [5.41, 5.74) is 6.98. The molecule has 0 radical (unpaired) electrons. The molecule has 1 saturated carbocycles. The zero-order valence-corrected chi connectivity index (χ0v) is 12.3. The van der Waals surface area contributed by atoms with E-state index < -0.39 is 5.54 Å². The van der Waals surface area contributed by atoms with E-state index in [1.54, 1.807) is 6.07 Å². The van der Waals surface area contributed by atoms with Gasteiger partial charge >= 0.3 is 0 Å². The summed E-state index contributed by atoms with van der Waals surface area (Å²) in [4.78, 5) is 12.4. The predicted octanol–water partition coefficient (Wildman–Crippen LogP) is 2.80. The fraction of sp³-hybridized carbons (Fsp3) is 0.562. The summed E-state index contributed by atoms with van der Waals surface area (Å²) < 4.78 is 0. The first-order valence-electron chi connectivity index (χ1n) is 7.37. The number of rotatable bonds is 3. The molecule has 0 saturated heterocycles. The van der Waals surface area contributed by atoms with Crippen LogP contribution in [-0.2, 0) is 11.2 Å². The number of nitrogens with one attached hydrogen (secondary N) is 1. The van der Waals surface area contributed by atoms with Crippen molar-refractivity contribution in [1.29, 1.82) is 0 Å². The Labute approximate surface area is 120 Å². The Kier molecular flexibility index (Phi) is 4.33. The van der Waals surface area contributed by atoms with Gasteiger partial charge in [-0.15, -0.1) is 0 Å². The molecule has 1 aromatic rings. The Morgan fingerprint density at radius 2 is 2.30 bits per heavy atom. The van der Waals surface area contributed by atoms with Gasteiger partial charge < -0.3 is 16.2 Å². The molecule has 4 heteroatoms. The SMILES string of the molecule is CCc1ccc(O)c(NC(=O)C2(N)CCCC(C)C2)c1. The highest BCUT2D eigenvalue weighted by atomic mass is 16.3. The van der Waals surface area contributed by atoms with E-state index in [1.165, 1.54) is 0 Å². The largest absolute Gasteiger partial charge is 0.506 e. The molecule has 1 amide bonds. The molecule has 1 aromatic carbocycles. The van der Waals surface area contributed by atoms with E-state index in [2.05, 4.69) is 12.2 Å². The summed E-state index contributed by atoms with van der Waals surface area (Å²) in [6.45, 7) is 4.16. The highest BCUT2D eigenvalue weighted by Gasteiger charge is 2.38. The van der Waals surface area contributed by atoms with Crippen molar-refractivity contribution in [3.63, 3.8) is 0 Å². The summed E-state index contributed by atoms with van der Waals surface area (Å²) >= 11 is 0. The van der Waals surface area contributed by atoms with E-state index in [4.69, 9.17) is 5.73 Å². The standard InChI is InChI=1S/C16H24N2O2/c1-3-12-6-7-14(19)13(9-12)18-15(20)16(17)8-4-5-11(2)10-16/h6-7,9,11,19H,3-5,8,10,17H2,1-2H3,(H,18,20). The number of benzene rings is 1. The third kappa shape index (κ3) is 3.12. The van der Waals surface area contributed by atoms with E-state index in [0.29, 0.717) is 24.4 Å². The summed E-state index contributed by atoms with van der Waals surface area (Å²) in [5.74, 6) is 0.366. The molecule has 4 nitrogen and oxygen atoms in total. The third-order valence-electron chi connectivity index (χ3n) is 4.20. The summed E-state index contributed by atoms with van der Waals surface area (Å²) in [6.07, 6.45) is 4.37. The van der Waals surface area contributed by atoms with Crippen molar-refractivity contribution in [1.82, 2.24) is 0 Å². The van der Waals surface area contributed by atoms with Gasteiger partial charge in [-0.3, -0.25) is 4.79 Å². The van der Waals surface area contributed by atoms with E-state index in [9.17, 15) is 9.90 Å². The highest BCUT2D eigenvalue weighted by molar-refractivity contribution is 5.99. The number of aromatic hydroxyl groups is 1. The number of nitrogens with two attached hydrogens (primary N) is 1. The van der Waals surface area contributed by atoms with Gasteiger partial charge in [-0.2, -0.15) is 0 Å². The number of hydrogen-bond acceptors (Lipinski definition) is 3. The minimum absolute atomic E-state index is 0.0861. The average Bonchev–Trinajstić information content (AvgIpc) is 2.41.